The Balaban J connectivity index is 2.45. The molecular formula is C15H15BrIN. The summed E-state index contributed by atoms with van der Waals surface area (Å²) in [4.78, 5) is 0. The summed E-state index contributed by atoms with van der Waals surface area (Å²) in [6, 6.07) is 15.2. The quantitative estimate of drug-likeness (QED) is 0.718. The largest absolute Gasteiger partial charge is 0.309 e. The first-order valence-corrected chi connectivity index (χ1v) is 7.68. The van der Waals surface area contributed by atoms with Gasteiger partial charge in [-0.05, 0) is 65.4 Å². The van der Waals surface area contributed by atoms with Crippen LogP contribution in [0.15, 0.2) is 46.9 Å². The van der Waals surface area contributed by atoms with Crippen molar-refractivity contribution in [2.24, 2.45) is 0 Å². The van der Waals surface area contributed by atoms with E-state index in [0.29, 0.717) is 0 Å². The highest BCUT2D eigenvalue weighted by atomic mass is 127. The third kappa shape index (κ3) is 2.95. The van der Waals surface area contributed by atoms with Crippen molar-refractivity contribution in [1.29, 1.82) is 0 Å². The van der Waals surface area contributed by atoms with Crippen LogP contribution in [0.2, 0.25) is 0 Å². The Labute approximate surface area is 130 Å². The zero-order valence-electron chi connectivity index (χ0n) is 10.4. The van der Waals surface area contributed by atoms with Crippen LogP contribution in [-0.2, 0) is 0 Å². The molecule has 1 atom stereocenters. The summed E-state index contributed by atoms with van der Waals surface area (Å²) >= 11 is 5.90. The molecule has 2 aromatic carbocycles. The van der Waals surface area contributed by atoms with Gasteiger partial charge in [-0.1, -0.05) is 46.3 Å². The summed E-state index contributed by atoms with van der Waals surface area (Å²) in [5.41, 5.74) is 3.94. The molecule has 18 heavy (non-hydrogen) atoms. The lowest BCUT2D eigenvalue weighted by Crippen LogP contribution is -2.19. The molecule has 0 radical (unpaired) electrons. The van der Waals surface area contributed by atoms with Gasteiger partial charge < -0.3 is 5.32 Å². The minimum Gasteiger partial charge on any atom is -0.309 e. The molecule has 0 bridgehead atoms. The number of benzene rings is 2. The smallest absolute Gasteiger partial charge is 0.0584 e. The highest BCUT2D eigenvalue weighted by molar-refractivity contribution is 14.1. The fourth-order valence-corrected chi connectivity index (χ4v) is 2.99. The Morgan fingerprint density at radius 2 is 1.78 bits per heavy atom. The van der Waals surface area contributed by atoms with Gasteiger partial charge in [0.15, 0.2) is 0 Å². The number of nitrogens with one attached hydrogen (secondary N) is 1. The summed E-state index contributed by atoms with van der Waals surface area (Å²) < 4.78 is 2.44. The van der Waals surface area contributed by atoms with E-state index in [9.17, 15) is 0 Å². The molecule has 2 rings (SSSR count). The summed E-state index contributed by atoms with van der Waals surface area (Å²) in [6.45, 7) is 2.15. The van der Waals surface area contributed by atoms with Crippen molar-refractivity contribution in [3.05, 3.63) is 67.2 Å². The van der Waals surface area contributed by atoms with E-state index >= 15 is 0 Å². The molecule has 2 aromatic rings. The molecule has 94 valence electrons. The third-order valence-corrected chi connectivity index (χ3v) is 5.03. The van der Waals surface area contributed by atoms with Gasteiger partial charge in [-0.15, -0.1) is 0 Å². The van der Waals surface area contributed by atoms with Crippen LogP contribution in [0, 0.1) is 10.5 Å². The topological polar surface area (TPSA) is 12.0 Å². The van der Waals surface area contributed by atoms with Crippen LogP contribution < -0.4 is 5.32 Å². The van der Waals surface area contributed by atoms with Gasteiger partial charge in [-0.25, -0.2) is 0 Å². The van der Waals surface area contributed by atoms with Crippen molar-refractivity contribution in [3.8, 4) is 0 Å². The predicted octanol–water partition coefficient (Wildman–Crippen LogP) is 4.67. The standard InChI is InChI=1S/C15H15BrIN/c1-10-4-3-5-13(14(10)17)15(18-2)11-6-8-12(16)9-7-11/h3-9,15,18H,1-2H3. The molecule has 1 unspecified atom stereocenters. The van der Waals surface area contributed by atoms with Gasteiger partial charge in [0.1, 0.15) is 0 Å². The Kier molecular flexibility index (Phi) is 4.81. The van der Waals surface area contributed by atoms with Crippen LogP contribution in [0.4, 0.5) is 0 Å². The van der Waals surface area contributed by atoms with Crippen LogP contribution in [-0.4, -0.2) is 7.05 Å². The third-order valence-electron chi connectivity index (χ3n) is 3.02. The molecule has 1 N–H and O–H groups in total. The number of hydrogen-bond donors (Lipinski definition) is 1. The summed E-state index contributed by atoms with van der Waals surface area (Å²) in [6.07, 6.45) is 0. The molecule has 0 aliphatic heterocycles. The van der Waals surface area contributed by atoms with E-state index in [0.717, 1.165) is 4.47 Å². The van der Waals surface area contributed by atoms with E-state index in [1.54, 1.807) is 0 Å². The van der Waals surface area contributed by atoms with Crippen molar-refractivity contribution in [2.75, 3.05) is 7.05 Å². The van der Waals surface area contributed by atoms with Crippen molar-refractivity contribution in [2.45, 2.75) is 13.0 Å². The minimum atomic E-state index is 0.241. The van der Waals surface area contributed by atoms with Gasteiger partial charge in [0, 0.05) is 8.04 Å². The lowest BCUT2D eigenvalue weighted by Gasteiger charge is -2.19. The highest BCUT2D eigenvalue weighted by Gasteiger charge is 2.15. The van der Waals surface area contributed by atoms with Gasteiger partial charge in [0.05, 0.1) is 6.04 Å². The summed E-state index contributed by atoms with van der Waals surface area (Å²) in [5.74, 6) is 0. The average molecular weight is 416 g/mol. The number of aryl methyl sites for hydroxylation is 1. The van der Waals surface area contributed by atoms with Crippen LogP contribution in [0.3, 0.4) is 0 Å². The second-order valence-electron chi connectivity index (χ2n) is 4.25. The maximum atomic E-state index is 3.48. The maximum absolute atomic E-state index is 3.48. The van der Waals surface area contributed by atoms with Gasteiger partial charge in [0.25, 0.3) is 0 Å². The summed E-state index contributed by atoms with van der Waals surface area (Å²) in [7, 11) is 2.01. The molecule has 0 heterocycles. The van der Waals surface area contributed by atoms with E-state index in [4.69, 9.17) is 0 Å². The van der Waals surface area contributed by atoms with E-state index < -0.39 is 0 Å². The molecule has 0 fully saturated rings. The molecular weight excluding hydrogens is 401 g/mol. The van der Waals surface area contributed by atoms with Crippen LogP contribution >= 0.6 is 38.5 Å². The zero-order valence-corrected chi connectivity index (χ0v) is 14.1. The van der Waals surface area contributed by atoms with Crippen molar-refractivity contribution in [1.82, 2.24) is 5.32 Å². The van der Waals surface area contributed by atoms with E-state index in [1.165, 1.54) is 20.3 Å². The molecule has 0 aliphatic carbocycles. The number of hydrogen-bond acceptors (Lipinski definition) is 1. The molecule has 0 spiro atoms. The molecule has 1 nitrogen and oxygen atoms in total. The fraction of sp³-hybridized carbons (Fsp3) is 0.200. The minimum absolute atomic E-state index is 0.241. The molecule has 0 saturated heterocycles. The van der Waals surface area contributed by atoms with Crippen molar-refractivity contribution >= 4 is 38.5 Å². The second kappa shape index (κ2) is 6.17. The lowest BCUT2D eigenvalue weighted by atomic mass is 9.97. The van der Waals surface area contributed by atoms with Crippen molar-refractivity contribution < 1.29 is 0 Å². The molecule has 0 saturated carbocycles. The van der Waals surface area contributed by atoms with Gasteiger partial charge >= 0.3 is 0 Å². The Morgan fingerprint density at radius 1 is 1.11 bits per heavy atom. The van der Waals surface area contributed by atoms with Gasteiger partial charge in [-0.3, -0.25) is 0 Å². The zero-order chi connectivity index (χ0) is 13.1. The first-order chi connectivity index (χ1) is 8.63. The fourth-order valence-electron chi connectivity index (χ4n) is 2.05. The SMILES string of the molecule is CNC(c1ccc(Br)cc1)c1cccc(C)c1I. The number of halogens is 2. The normalized spacial score (nSPS) is 12.4. The van der Waals surface area contributed by atoms with Crippen LogP contribution in [0.5, 0.6) is 0 Å². The molecule has 0 amide bonds. The average Bonchev–Trinajstić information content (AvgIpc) is 2.37. The second-order valence-corrected chi connectivity index (χ2v) is 6.25. The van der Waals surface area contributed by atoms with Crippen LogP contribution in [0.1, 0.15) is 22.7 Å². The van der Waals surface area contributed by atoms with E-state index in [2.05, 4.69) is 93.2 Å². The van der Waals surface area contributed by atoms with Gasteiger partial charge in [0.2, 0.25) is 0 Å². The first kappa shape index (κ1) is 14.0. The van der Waals surface area contributed by atoms with E-state index in [1.807, 2.05) is 7.05 Å². The highest BCUT2D eigenvalue weighted by Crippen LogP contribution is 2.28. The van der Waals surface area contributed by atoms with Crippen molar-refractivity contribution in [3.63, 3.8) is 0 Å². The summed E-state index contributed by atoms with van der Waals surface area (Å²) in [5, 5.41) is 3.40. The Hall–Kier alpha value is -0.390. The molecule has 0 aliphatic rings. The number of rotatable bonds is 3. The van der Waals surface area contributed by atoms with Gasteiger partial charge in [-0.2, -0.15) is 0 Å². The Bertz CT molecular complexity index is 537. The molecule has 3 heteroatoms. The van der Waals surface area contributed by atoms with Crippen LogP contribution in [0.25, 0.3) is 0 Å². The Morgan fingerprint density at radius 3 is 2.39 bits per heavy atom. The lowest BCUT2D eigenvalue weighted by molar-refractivity contribution is 0.688. The first-order valence-electron chi connectivity index (χ1n) is 5.81. The van der Waals surface area contributed by atoms with E-state index in [-0.39, 0.29) is 6.04 Å². The monoisotopic (exact) mass is 415 g/mol. The maximum Gasteiger partial charge on any atom is 0.0584 e. The predicted molar refractivity (Wildman–Crippen MR) is 88.9 cm³/mol. The molecule has 0 aromatic heterocycles.